The molecule has 3 saturated heterocycles. The van der Waals surface area contributed by atoms with Crippen LogP contribution < -0.4 is 0 Å². The zero-order valence-electron chi connectivity index (χ0n) is 17.8. The van der Waals surface area contributed by atoms with Crippen LogP contribution in [0.2, 0.25) is 0 Å². The lowest BCUT2D eigenvalue weighted by atomic mass is 9.98. The molecule has 0 radical (unpaired) electrons. The summed E-state index contributed by atoms with van der Waals surface area (Å²) in [4.78, 5) is 0. The van der Waals surface area contributed by atoms with E-state index in [0.717, 1.165) is 0 Å². The van der Waals surface area contributed by atoms with E-state index in [1.807, 2.05) is 0 Å². The Hall–Kier alpha value is -0.640. The van der Waals surface area contributed by atoms with Crippen molar-refractivity contribution in [3.63, 3.8) is 0 Å². The number of rotatable bonds is 8. The second-order valence-corrected chi connectivity index (χ2v) is 8.37. The minimum absolute atomic E-state index is 0.777. The van der Waals surface area contributed by atoms with Gasteiger partial charge in [0.15, 0.2) is 12.6 Å². The van der Waals surface area contributed by atoms with Crippen molar-refractivity contribution in [1.29, 1.82) is 0 Å². The molecule has 0 amide bonds. The molecule has 11 N–H and O–H groups in total. The van der Waals surface area contributed by atoms with Crippen LogP contribution in [0.1, 0.15) is 0 Å². The Balaban J connectivity index is 1.87. The molecule has 0 saturated carbocycles. The molecule has 0 spiro atoms. The van der Waals surface area contributed by atoms with E-state index in [-0.39, 0.29) is 0 Å². The van der Waals surface area contributed by atoms with Crippen molar-refractivity contribution in [3.8, 4) is 0 Å². The number of ether oxygens (including phenoxy) is 5. The third-order valence-electron chi connectivity index (χ3n) is 6.17. The first-order valence-electron chi connectivity index (χ1n) is 10.6. The summed E-state index contributed by atoms with van der Waals surface area (Å²) in [6, 6.07) is 0. The van der Waals surface area contributed by atoms with Gasteiger partial charge in [-0.05, 0) is 0 Å². The summed E-state index contributed by atoms with van der Waals surface area (Å²) >= 11 is 0. The Kier molecular flexibility index (Phi) is 9.18. The molecular weight excluding hydrogens is 472 g/mol. The van der Waals surface area contributed by atoms with Gasteiger partial charge in [-0.2, -0.15) is 0 Å². The van der Waals surface area contributed by atoms with Gasteiger partial charge in [-0.3, -0.25) is 0 Å². The number of aliphatic hydroxyl groups is 11. The SMILES string of the molecule is OC[C@H]1O[C@H](O[C@@H]2[C@H](O)[C@@H](CO)O[C@@]2(CO)O[C@@H]2O[C@H](CO)[C@@H](O)[C@H](O)[C@H]2O)[C@H](O)[C@@H](O)[C@@H]1O. The predicted octanol–water partition coefficient (Wildman–Crippen LogP) is -7.57. The van der Waals surface area contributed by atoms with E-state index in [4.69, 9.17) is 23.7 Å². The van der Waals surface area contributed by atoms with Crippen LogP contribution in [-0.4, -0.2) is 168 Å². The van der Waals surface area contributed by atoms with Crippen LogP contribution in [0.5, 0.6) is 0 Å². The van der Waals surface area contributed by atoms with E-state index in [9.17, 15) is 56.2 Å². The molecule has 16 heteroatoms. The Morgan fingerprint density at radius 1 is 0.559 bits per heavy atom. The van der Waals surface area contributed by atoms with Crippen molar-refractivity contribution in [1.82, 2.24) is 0 Å². The predicted molar refractivity (Wildman–Crippen MR) is 101 cm³/mol. The number of aliphatic hydroxyl groups excluding tert-OH is 11. The van der Waals surface area contributed by atoms with Crippen molar-refractivity contribution >= 4 is 0 Å². The van der Waals surface area contributed by atoms with Crippen LogP contribution in [0.4, 0.5) is 0 Å². The van der Waals surface area contributed by atoms with E-state index >= 15 is 0 Å². The van der Waals surface area contributed by atoms with Crippen LogP contribution in [-0.2, 0) is 23.7 Å². The maximum Gasteiger partial charge on any atom is 0.224 e. The molecule has 0 unspecified atom stereocenters. The van der Waals surface area contributed by atoms with Gasteiger partial charge in [-0.15, -0.1) is 0 Å². The van der Waals surface area contributed by atoms with E-state index in [1.165, 1.54) is 0 Å². The fourth-order valence-corrected chi connectivity index (χ4v) is 4.12. The van der Waals surface area contributed by atoms with Gasteiger partial charge in [-0.1, -0.05) is 0 Å². The van der Waals surface area contributed by atoms with E-state index < -0.39 is 112 Å². The fourth-order valence-electron chi connectivity index (χ4n) is 4.12. The lowest BCUT2D eigenvalue weighted by molar-refractivity contribution is -0.400. The lowest BCUT2D eigenvalue weighted by Crippen LogP contribution is -2.64. The Morgan fingerprint density at radius 3 is 1.50 bits per heavy atom. The van der Waals surface area contributed by atoms with E-state index in [0.29, 0.717) is 0 Å². The minimum Gasteiger partial charge on any atom is -0.394 e. The van der Waals surface area contributed by atoms with Crippen LogP contribution in [0.3, 0.4) is 0 Å². The summed E-state index contributed by atoms with van der Waals surface area (Å²) in [6.45, 7) is -3.49. The Morgan fingerprint density at radius 2 is 1.03 bits per heavy atom. The molecule has 0 bridgehead atoms. The molecule has 34 heavy (non-hydrogen) atoms. The zero-order valence-corrected chi connectivity index (χ0v) is 17.8. The molecule has 3 aliphatic rings. The van der Waals surface area contributed by atoms with Gasteiger partial charge in [0.25, 0.3) is 0 Å². The van der Waals surface area contributed by atoms with Gasteiger partial charge in [-0.25, -0.2) is 0 Å². The molecule has 200 valence electrons. The smallest absolute Gasteiger partial charge is 0.224 e. The van der Waals surface area contributed by atoms with Gasteiger partial charge >= 0.3 is 0 Å². The summed E-state index contributed by atoms with van der Waals surface area (Å²) in [5.41, 5.74) is 0. The molecule has 3 aliphatic heterocycles. The molecule has 0 aromatic heterocycles. The third kappa shape index (κ3) is 4.96. The highest BCUT2D eigenvalue weighted by atomic mass is 16.8. The largest absolute Gasteiger partial charge is 0.394 e. The summed E-state index contributed by atoms with van der Waals surface area (Å²) in [6.07, 6.45) is -22.3. The average molecular weight is 504 g/mol. The monoisotopic (exact) mass is 504 g/mol. The molecule has 14 atom stereocenters. The number of hydrogen-bond acceptors (Lipinski definition) is 16. The second kappa shape index (κ2) is 11.2. The molecule has 3 heterocycles. The quantitative estimate of drug-likeness (QED) is 0.146. The fraction of sp³-hybridized carbons (Fsp3) is 1.00. The summed E-state index contributed by atoms with van der Waals surface area (Å²) in [5, 5.41) is 109. The van der Waals surface area contributed by atoms with Crippen molar-refractivity contribution < 1.29 is 79.9 Å². The van der Waals surface area contributed by atoms with Gasteiger partial charge in [0.1, 0.15) is 73.8 Å². The normalized spacial score (nSPS) is 52.1. The van der Waals surface area contributed by atoms with Crippen LogP contribution in [0.15, 0.2) is 0 Å². The van der Waals surface area contributed by atoms with Crippen molar-refractivity contribution in [2.24, 2.45) is 0 Å². The highest BCUT2D eigenvalue weighted by Gasteiger charge is 2.61. The summed E-state index contributed by atoms with van der Waals surface area (Å²) in [5.74, 6) is -2.43. The molecule has 0 aromatic carbocycles. The molecular formula is C18H32O16. The van der Waals surface area contributed by atoms with Crippen LogP contribution >= 0.6 is 0 Å². The Labute approximate surface area is 192 Å². The van der Waals surface area contributed by atoms with Crippen molar-refractivity contribution in [3.05, 3.63) is 0 Å². The van der Waals surface area contributed by atoms with Gasteiger partial charge in [0.05, 0.1) is 19.8 Å². The van der Waals surface area contributed by atoms with Crippen molar-refractivity contribution in [2.45, 2.75) is 85.5 Å². The molecule has 3 rings (SSSR count). The summed E-state index contributed by atoms with van der Waals surface area (Å²) in [7, 11) is 0. The Bertz CT molecular complexity index is 651. The van der Waals surface area contributed by atoms with E-state index in [1.54, 1.807) is 0 Å². The second-order valence-electron chi connectivity index (χ2n) is 8.37. The highest BCUT2D eigenvalue weighted by Crippen LogP contribution is 2.39. The number of hydrogen-bond donors (Lipinski definition) is 11. The first-order valence-corrected chi connectivity index (χ1v) is 10.6. The maximum absolute atomic E-state index is 10.6. The van der Waals surface area contributed by atoms with Crippen LogP contribution in [0.25, 0.3) is 0 Å². The highest BCUT2D eigenvalue weighted by molar-refractivity contribution is 5.01. The topological polar surface area (TPSA) is 269 Å². The molecule has 0 aliphatic carbocycles. The molecule has 16 nitrogen and oxygen atoms in total. The average Bonchev–Trinajstić information content (AvgIpc) is 3.10. The van der Waals surface area contributed by atoms with E-state index in [2.05, 4.69) is 0 Å². The van der Waals surface area contributed by atoms with Gasteiger partial charge in [0.2, 0.25) is 5.79 Å². The van der Waals surface area contributed by atoms with Gasteiger partial charge in [0, 0.05) is 0 Å². The first-order chi connectivity index (χ1) is 16.0. The first kappa shape index (κ1) is 27.9. The zero-order chi connectivity index (χ0) is 25.4. The van der Waals surface area contributed by atoms with Gasteiger partial charge < -0.3 is 79.9 Å². The minimum atomic E-state index is -2.43. The third-order valence-corrected chi connectivity index (χ3v) is 6.17. The van der Waals surface area contributed by atoms with Crippen molar-refractivity contribution in [2.75, 3.05) is 26.4 Å². The van der Waals surface area contributed by atoms with Crippen LogP contribution in [0, 0.1) is 0 Å². The molecule has 3 fully saturated rings. The summed E-state index contributed by atoms with van der Waals surface area (Å²) < 4.78 is 27.0. The maximum atomic E-state index is 10.6. The lowest BCUT2D eigenvalue weighted by Gasteiger charge is -2.45. The standard InChI is InChI=1S/C18H32O16/c19-1-5-8(23)11(26)13(28)16(30-5)32-15-10(25)7(3-21)33-18(15,4-22)34-17-14(29)12(27)9(24)6(2-20)31-17/h5-17,19-29H,1-4H2/t5-,6-,7-,8-,9-,10-,11+,12+,13-,14-,15-,16-,17+,18+/m1/s1. The molecule has 0 aromatic rings.